The first-order chi connectivity index (χ1) is 7.75. The van der Waals surface area contributed by atoms with Gasteiger partial charge in [0.1, 0.15) is 0 Å². The summed E-state index contributed by atoms with van der Waals surface area (Å²) in [6, 6.07) is -0.209. The number of amides is 2. The van der Waals surface area contributed by atoms with Gasteiger partial charge in [-0.3, -0.25) is 0 Å². The minimum absolute atomic E-state index is 0.209. The molecule has 2 fully saturated rings. The molecule has 0 aromatic carbocycles. The molecule has 0 bridgehead atoms. The Morgan fingerprint density at radius 3 is 1.62 bits per heavy atom. The summed E-state index contributed by atoms with van der Waals surface area (Å²) in [7, 11) is 0. The van der Waals surface area contributed by atoms with Crippen LogP contribution in [0.5, 0.6) is 0 Å². The molecule has 2 rings (SSSR count). The number of primary amides is 1. The molecule has 0 unspecified atom stereocenters. The van der Waals surface area contributed by atoms with Crippen LogP contribution in [0.1, 0.15) is 51.4 Å². The summed E-state index contributed by atoms with van der Waals surface area (Å²) in [5.41, 5.74) is 5.48. The summed E-state index contributed by atoms with van der Waals surface area (Å²) in [4.78, 5) is 13.3. The van der Waals surface area contributed by atoms with Crippen molar-refractivity contribution >= 4 is 6.03 Å². The van der Waals surface area contributed by atoms with E-state index in [0.29, 0.717) is 11.8 Å². The van der Waals surface area contributed by atoms with Crippen LogP contribution < -0.4 is 5.73 Å². The van der Waals surface area contributed by atoms with Crippen LogP contribution in [0.3, 0.4) is 0 Å². The normalized spacial score (nSPS) is 22.8. The van der Waals surface area contributed by atoms with Gasteiger partial charge in [-0.2, -0.15) is 0 Å². The van der Waals surface area contributed by atoms with Gasteiger partial charge in [0.05, 0.1) is 0 Å². The largest absolute Gasteiger partial charge is 0.351 e. The molecule has 2 N–H and O–H groups in total. The highest BCUT2D eigenvalue weighted by atomic mass is 16.2. The smallest absolute Gasteiger partial charge is 0.314 e. The Bertz CT molecular complexity index is 212. The van der Waals surface area contributed by atoms with Gasteiger partial charge < -0.3 is 10.6 Å². The number of hydrogen-bond acceptors (Lipinski definition) is 1. The fourth-order valence-corrected chi connectivity index (χ4v) is 3.26. The third-order valence-corrected chi connectivity index (χ3v) is 4.22. The lowest BCUT2D eigenvalue weighted by molar-refractivity contribution is 0.185. The molecule has 0 spiro atoms. The van der Waals surface area contributed by atoms with Gasteiger partial charge in [0.15, 0.2) is 0 Å². The molecule has 2 saturated carbocycles. The highest BCUT2D eigenvalue weighted by molar-refractivity contribution is 5.72. The van der Waals surface area contributed by atoms with Crippen molar-refractivity contribution in [2.24, 2.45) is 17.6 Å². The highest BCUT2D eigenvalue weighted by Gasteiger charge is 2.24. The second-order valence-corrected chi connectivity index (χ2v) is 5.54. The second kappa shape index (κ2) is 5.55. The molecule has 0 aromatic rings. The lowest BCUT2D eigenvalue weighted by atomic mass is 10.0. The lowest BCUT2D eigenvalue weighted by Crippen LogP contribution is -2.41. The van der Waals surface area contributed by atoms with Gasteiger partial charge in [-0.1, -0.05) is 25.7 Å². The summed E-state index contributed by atoms with van der Waals surface area (Å²) < 4.78 is 0. The summed E-state index contributed by atoms with van der Waals surface area (Å²) in [6.45, 7) is 1.82. The number of rotatable bonds is 4. The monoisotopic (exact) mass is 224 g/mol. The van der Waals surface area contributed by atoms with Crippen LogP contribution in [0.15, 0.2) is 0 Å². The first-order valence-corrected chi connectivity index (χ1v) is 6.80. The average Bonchev–Trinajstić information content (AvgIpc) is 2.88. The van der Waals surface area contributed by atoms with Crippen LogP contribution in [-0.2, 0) is 0 Å². The van der Waals surface area contributed by atoms with Gasteiger partial charge in [-0.25, -0.2) is 4.79 Å². The van der Waals surface area contributed by atoms with E-state index >= 15 is 0 Å². The van der Waals surface area contributed by atoms with Gasteiger partial charge in [-0.15, -0.1) is 0 Å². The SMILES string of the molecule is NC(=O)N(CC1CCCC1)CC1CCCC1. The Labute approximate surface area is 98.4 Å². The summed E-state index contributed by atoms with van der Waals surface area (Å²) >= 11 is 0. The second-order valence-electron chi connectivity index (χ2n) is 5.54. The molecule has 92 valence electrons. The van der Waals surface area contributed by atoms with E-state index in [0.717, 1.165) is 13.1 Å². The number of nitrogens with zero attached hydrogens (tertiary/aromatic N) is 1. The van der Waals surface area contributed by atoms with E-state index in [2.05, 4.69) is 0 Å². The third-order valence-electron chi connectivity index (χ3n) is 4.22. The predicted molar refractivity (Wildman–Crippen MR) is 65.1 cm³/mol. The van der Waals surface area contributed by atoms with Gasteiger partial charge in [0.2, 0.25) is 0 Å². The number of carbonyl (C=O) groups is 1. The zero-order valence-corrected chi connectivity index (χ0v) is 10.2. The molecule has 2 aliphatic rings. The molecule has 3 nitrogen and oxygen atoms in total. The van der Waals surface area contributed by atoms with Crippen molar-refractivity contribution in [3.05, 3.63) is 0 Å². The Morgan fingerprint density at radius 1 is 0.938 bits per heavy atom. The molecule has 2 amide bonds. The fraction of sp³-hybridized carbons (Fsp3) is 0.923. The van der Waals surface area contributed by atoms with Gasteiger partial charge in [-0.05, 0) is 37.5 Å². The van der Waals surface area contributed by atoms with Crippen molar-refractivity contribution in [1.82, 2.24) is 4.90 Å². The number of nitrogens with two attached hydrogens (primary N) is 1. The Hall–Kier alpha value is -0.730. The maximum absolute atomic E-state index is 11.4. The maximum Gasteiger partial charge on any atom is 0.314 e. The molecule has 2 aliphatic carbocycles. The van der Waals surface area contributed by atoms with E-state index in [1.54, 1.807) is 0 Å². The van der Waals surface area contributed by atoms with E-state index < -0.39 is 0 Å². The zero-order chi connectivity index (χ0) is 11.4. The average molecular weight is 224 g/mol. The molecular weight excluding hydrogens is 200 g/mol. The van der Waals surface area contributed by atoms with E-state index in [1.807, 2.05) is 4.90 Å². The third kappa shape index (κ3) is 3.13. The lowest BCUT2D eigenvalue weighted by Gasteiger charge is -2.26. The minimum Gasteiger partial charge on any atom is -0.351 e. The van der Waals surface area contributed by atoms with Gasteiger partial charge in [0, 0.05) is 13.1 Å². The highest BCUT2D eigenvalue weighted by Crippen LogP contribution is 2.28. The fourth-order valence-electron chi connectivity index (χ4n) is 3.26. The molecule has 0 saturated heterocycles. The topological polar surface area (TPSA) is 46.3 Å². The first kappa shape index (κ1) is 11.7. The number of carbonyl (C=O) groups excluding carboxylic acids is 1. The van der Waals surface area contributed by atoms with Crippen LogP contribution in [0.25, 0.3) is 0 Å². The van der Waals surface area contributed by atoms with Crippen LogP contribution in [0, 0.1) is 11.8 Å². The van der Waals surface area contributed by atoms with Gasteiger partial charge >= 0.3 is 6.03 Å². The Balaban J connectivity index is 1.81. The number of urea groups is 1. The minimum atomic E-state index is -0.209. The summed E-state index contributed by atoms with van der Waals surface area (Å²) in [5, 5.41) is 0. The predicted octanol–water partition coefficient (Wildman–Crippen LogP) is 2.75. The van der Waals surface area contributed by atoms with Crippen LogP contribution in [-0.4, -0.2) is 24.0 Å². The molecule has 0 heterocycles. The summed E-state index contributed by atoms with van der Waals surface area (Å²) in [5.74, 6) is 1.43. The summed E-state index contributed by atoms with van der Waals surface area (Å²) in [6.07, 6.45) is 10.5. The maximum atomic E-state index is 11.4. The number of hydrogen-bond donors (Lipinski definition) is 1. The molecule has 0 atom stereocenters. The molecule has 3 heteroatoms. The van der Waals surface area contributed by atoms with Gasteiger partial charge in [0.25, 0.3) is 0 Å². The quantitative estimate of drug-likeness (QED) is 0.784. The van der Waals surface area contributed by atoms with E-state index in [1.165, 1.54) is 51.4 Å². The van der Waals surface area contributed by atoms with Crippen molar-refractivity contribution in [3.63, 3.8) is 0 Å². The molecule has 0 radical (unpaired) electrons. The van der Waals surface area contributed by atoms with Crippen molar-refractivity contribution < 1.29 is 4.79 Å². The van der Waals surface area contributed by atoms with E-state index in [-0.39, 0.29) is 6.03 Å². The molecule has 16 heavy (non-hydrogen) atoms. The zero-order valence-electron chi connectivity index (χ0n) is 10.2. The van der Waals surface area contributed by atoms with E-state index in [9.17, 15) is 4.79 Å². The Morgan fingerprint density at radius 2 is 1.31 bits per heavy atom. The van der Waals surface area contributed by atoms with E-state index in [4.69, 9.17) is 5.73 Å². The molecule has 0 aliphatic heterocycles. The Kier molecular flexibility index (Phi) is 4.08. The van der Waals surface area contributed by atoms with Crippen LogP contribution >= 0.6 is 0 Å². The van der Waals surface area contributed by atoms with Crippen LogP contribution in [0.4, 0.5) is 4.79 Å². The van der Waals surface area contributed by atoms with Crippen molar-refractivity contribution in [3.8, 4) is 0 Å². The molecule has 0 aromatic heterocycles. The van der Waals surface area contributed by atoms with Crippen LogP contribution in [0.2, 0.25) is 0 Å². The van der Waals surface area contributed by atoms with Crippen molar-refractivity contribution in [1.29, 1.82) is 0 Å². The first-order valence-electron chi connectivity index (χ1n) is 6.80. The van der Waals surface area contributed by atoms with Crippen molar-refractivity contribution in [2.45, 2.75) is 51.4 Å². The standard InChI is InChI=1S/C13H24N2O/c14-13(16)15(9-11-5-1-2-6-11)10-12-7-3-4-8-12/h11-12H,1-10H2,(H2,14,16). The molecular formula is C13H24N2O. The van der Waals surface area contributed by atoms with Crippen molar-refractivity contribution in [2.75, 3.05) is 13.1 Å².